The lowest BCUT2D eigenvalue weighted by atomic mass is 9.95. The van der Waals surface area contributed by atoms with Gasteiger partial charge in [-0.15, -0.1) is 0 Å². The van der Waals surface area contributed by atoms with E-state index in [1.807, 2.05) is 49.1 Å². The summed E-state index contributed by atoms with van der Waals surface area (Å²) in [4.78, 5) is 19.1. The maximum atomic E-state index is 5.47. The van der Waals surface area contributed by atoms with Gasteiger partial charge in [-0.3, -0.25) is 9.97 Å². The highest BCUT2D eigenvalue weighted by atomic mass is 15.0. The quantitative estimate of drug-likeness (QED) is 0.151. The van der Waals surface area contributed by atoms with Crippen molar-refractivity contribution in [2.45, 2.75) is 0 Å². The zero-order valence-corrected chi connectivity index (χ0v) is 34.1. The zero-order valence-electron chi connectivity index (χ0n) is 34.1. The Balaban J connectivity index is 1.02. The number of hydrogen-bond acceptors (Lipinski definition) is 4. The van der Waals surface area contributed by atoms with Gasteiger partial charge in [-0.05, 0) is 99.4 Å². The molecule has 0 unspecified atom stereocenters. The van der Waals surface area contributed by atoms with Gasteiger partial charge in [0.25, 0.3) is 0 Å². The van der Waals surface area contributed by atoms with Gasteiger partial charge in [0.15, 0.2) is 0 Å². The van der Waals surface area contributed by atoms with E-state index >= 15 is 0 Å². The van der Waals surface area contributed by atoms with Gasteiger partial charge < -0.3 is 4.57 Å². The van der Waals surface area contributed by atoms with Gasteiger partial charge in [0.2, 0.25) is 0 Å². The predicted molar refractivity (Wildman–Crippen MR) is 260 cm³/mol. The van der Waals surface area contributed by atoms with E-state index in [-0.39, 0.29) is 0 Å². The second kappa shape index (κ2) is 15.2. The lowest BCUT2D eigenvalue weighted by molar-refractivity contribution is 1.19. The molecule has 0 saturated heterocycles. The number of benzene rings is 7. The molecule has 5 heterocycles. The first-order chi connectivity index (χ1) is 31.2. The first kappa shape index (κ1) is 36.3. The summed E-state index contributed by atoms with van der Waals surface area (Å²) in [5.41, 5.74) is 17.0. The van der Waals surface area contributed by atoms with Crippen molar-refractivity contribution in [2.75, 3.05) is 0 Å². The van der Waals surface area contributed by atoms with E-state index in [0.29, 0.717) is 0 Å². The van der Waals surface area contributed by atoms with Crippen LogP contribution in [0.4, 0.5) is 0 Å². The third kappa shape index (κ3) is 6.42. The predicted octanol–water partition coefficient (Wildman–Crippen LogP) is 14.7. The largest absolute Gasteiger partial charge is 0.309 e. The Morgan fingerprint density at radius 1 is 0.317 bits per heavy atom. The monoisotopic (exact) mass is 803 g/mol. The van der Waals surface area contributed by atoms with Gasteiger partial charge in [0.05, 0.1) is 33.6 Å². The van der Waals surface area contributed by atoms with Crippen LogP contribution in [0.2, 0.25) is 0 Å². The molecule has 0 N–H and O–H groups in total. The Morgan fingerprint density at radius 2 is 0.794 bits per heavy atom. The molecule has 0 amide bonds. The molecular weight excluding hydrogens is 767 g/mol. The Bertz CT molecular complexity index is 3520. The summed E-state index contributed by atoms with van der Waals surface area (Å²) in [5, 5.41) is 5.88. The summed E-state index contributed by atoms with van der Waals surface area (Å²) in [6.45, 7) is 0. The topological polar surface area (TPSA) is 56.5 Å². The van der Waals surface area contributed by atoms with Gasteiger partial charge >= 0.3 is 0 Å². The molecule has 294 valence electrons. The molecule has 0 fully saturated rings. The van der Waals surface area contributed by atoms with Crippen LogP contribution in [0.25, 0.3) is 116 Å². The van der Waals surface area contributed by atoms with Crippen molar-refractivity contribution < 1.29 is 0 Å². The molecule has 0 aliphatic carbocycles. The van der Waals surface area contributed by atoms with E-state index in [9.17, 15) is 0 Å². The minimum absolute atomic E-state index is 0.907. The van der Waals surface area contributed by atoms with Crippen molar-refractivity contribution in [3.05, 3.63) is 225 Å². The summed E-state index contributed by atoms with van der Waals surface area (Å²) >= 11 is 0. The van der Waals surface area contributed by atoms with Crippen molar-refractivity contribution in [3.63, 3.8) is 0 Å². The lowest BCUT2D eigenvalue weighted by Gasteiger charge is -2.15. The van der Waals surface area contributed by atoms with Crippen molar-refractivity contribution >= 4 is 43.5 Å². The highest BCUT2D eigenvalue weighted by molar-refractivity contribution is 6.25. The minimum Gasteiger partial charge on any atom is -0.309 e. The van der Waals surface area contributed by atoms with Crippen LogP contribution in [0.5, 0.6) is 0 Å². The van der Waals surface area contributed by atoms with Gasteiger partial charge in [-0.1, -0.05) is 140 Å². The number of hydrogen-bond donors (Lipinski definition) is 0. The highest BCUT2D eigenvalue weighted by Gasteiger charge is 2.20. The normalized spacial score (nSPS) is 11.5. The molecule has 7 aromatic carbocycles. The lowest BCUT2D eigenvalue weighted by Crippen LogP contribution is -1.97. The van der Waals surface area contributed by atoms with Crippen LogP contribution in [0.15, 0.2) is 225 Å². The fourth-order valence-corrected chi connectivity index (χ4v) is 9.12. The summed E-state index contributed by atoms with van der Waals surface area (Å²) in [6, 6.07) is 71.2. The third-order valence-corrected chi connectivity index (χ3v) is 12.2. The minimum atomic E-state index is 0.907. The van der Waals surface area contributed by atoms with Gasteiger partial charge in [0.1, 0.15) is 0 Å². The molecular formula is C58H37N5. The standard InChI is InChI=1S/C58H37N5/c1-2-8-47(9-3-1)63-55-13-7-5-11-49(55)51-27-26-50-48-10-4-6-12-52(48)62-57(56(50)58(51)63)45-24-18-40(19-25-45)46-36-53(43-20-14-38(15-21-43)41-28-32-59-33-29-41)61-54(37-46)44-22-16-39(17-23-44)42-30-34-60-35-31-42/h1-37H. The average Bonchev–Trinajstić information content (AvgIpc) is 3.71. The first-order valence-electron chi connectivity index (χ1n) is 21.2. The number of fused-ring (bicyclic) bond motifs is 7. The Hall–Kier alpha value is -8.54. The average molecular weight is 804 g/mol. The molecule has 0 spiro atoms. The van der Waals surface area contributed by atoms with E-state index in [4.69, 9.17) is 9.97 Å². The molecule has 5 nitrogen and oxygen atoms in total. The van der Waals surface area contributed by atoms with E-state index in [1.165, 1.54) is 21.7 Å². The van der Waals surface area contributed by atoms with E-state index in [0.717, 1.165) is 94.6 Å². The SMILES string of the molecule is c1ccc(-n2c3ccccc3c3ccc4c5ccccc5nc(-c5ccc(-c6cc(-c7ccc(-c8ccncc8)cc7)nc(-c7ccc(-c8ccncc8)cc7)c6)cc5)c4c32)cc1. The molecule has 0 bridgehead atoms. The third-order valence-electron chi connectivity index (χ3n) is 12.2. The molecule has 0 radical (unpaired) electrons. The van der Waals surface area contributed by atoms with Crippen LogP contribution in [0.1, 0.15) is 0 Å². The number of nitrogens with zero attached hydrogens (tertiary/aromatic N) is 5. The van der Waals surface area contributed by atoms with Crippen molar-refractivity contribution in [2.24, 2.45) is 0 Å². The molecule has 5 aromatic heterocycles. The summed E-state index contributed by atoms with van der Waals surface area (Å²) in [6.07, 6.45) is 7.31. The Labute approximate surface area is 364 Å². The maximum absolute atomic E-state index is 5.47. The summed E-state index contributed by atoms with van der Waals surface area (Å²) in [5.74, 6) is 0. The fourth-order valence-electron chi connectivity index (χ4n) is 9.12. The first-order valence-corrected chi connectivity index (χ1v) is 21.2. The fraction of sp³-hybridized carbons (Fsp3) is 0. The maximum Gasteiger partial charge on any atom is 0.0809 e. The van der Waals surface area contributed by atoms with Crippen LogP contribution >= 0.6 is 0 Å². The van der Waals surface area contributed by atoms with Crippen molar-refractivity contribution in [1.82, 2.24) is 24.5 Å². The van der Waals surface area contributed by atoms with Crippen molar-refractivity contribution in [3.8, 4) is 72.8 Å². The van der Waals surface area contributed by atoms with Crippen LogP contribution in [-0.2, 0) is 0 Å². The van der Waals surface area contributed by atoms with Gasteiger partial charge in [-0.25, -0.2) is 9.97 Å². The summed E-state index contributed by atoms with van der Waals surface area (Å²) in [7, 11) is 0. The number of pyridine rings is 4. The number of rotatable bonds is 7. The molecule has 0 aliphatic heterocycles. The van der Waals surface area contributed by atoms with Crippen LogP contribution in [-0.4, -0.2) is 24.5 Å². The zero-order chi connectivity index (χ0) is 41.7. The number of aromatic nitrogens is 5. The number of para-hydroxylation sites is 3. The molecule has 0 saturated carbocycles. The van der Waals surface area contributed by atoms with Crippen LogP contribution < -0.4 is 0 Å². The van der Waals surface area contributed by atoms with E-state index in [2.05, 4.69) is 190 Å². The van der Waals surface area contributed by atoms with E-state index in [1.54, 1.807) is 0 Å². The molecule has 12 rings (SSSR count). The second-order valence-corrected chi connectivity index (χ2v) is 15.9. The highest BCUT2D eigenvalue weighted by Crippen LogP contribution is 2.43. The molecule has 63 heavy (non-hydrogen) atoms. The smallest absolute Gasteiger partial charge is 0.0809 e. The molecule has 12 aromatic rings. The van der Waals surface area contributed by atoms with Crippen LogP contribution in [0, 0.1) is 0 Å². The Morgan fingerprint density at radius 3 is 1.41 bits per heavy atom. The van der Waals surface area contributed by atoms with Crippen LogP contribution in [0.3, 0.4) is 0 Å². The van der Waals surface area contributed by atoms with Gasteiger partial charge in [0, 0.05) is 68.7 Å². The van der Waals surface area contributed by atoms with Crippen molar-refractivity contribution in [1.29, 1.82) is 0 Å². The second-order valence-electron chi connectivity index (χ2n) is 15.9. The molecule has 5 heteroatoms. The molecule has 0 aliphatic rings. The Kier molecular flexibility index (Phi) is 8.75. The molecule has 0 atom stereocenters. The summed E-state index contributed by atoms with van der Waals surface area (Å²) < 4.78 is 2.41. The van der Waals surface area contributed by atoms with E-state index < -0.39 is 0 Å². The van der Waals surface area contributed by atoms with Gasteiger partial charge in [-0.2, -0.15) is 0 Å².